The van der Waals surface area contributed by atoms with Crippen LogP contribution in [-0.4, -0.2) is 21.1 Å². The summed E-state index contributed by atoms with van der Waals surface area (Å²) >= 11 is 0. The summed E-state index contributed by atoms with van der Waals surface area (Å²) in [6, 6.07) is 5.85. The van der Waals surface area contributed by atoms with Gasteiger partial charge in [-0.3, -0.25) is 5.32 Å². The summed E-state index contributed by atoms with van der Waals surface area (Å²) in [5.41, 5.74) is 1.41. The molecule has 1 amide bonds. The summed E-state index contributed by atoms with van der Waals surface area (Å²) in [6.45, 7) is 5.54. The average Bonchev–Trinajstić information content (AvgIpc) is 3.08. The number of hydrogen-bond acceptors (Lipinski definition) is 3. The lowest BCUT2D eigenvalue weighted by Gasteiger charge is -2.19. The van der Waals surface area contributed by atoms with E-state index in [9.17, 15) is 4.79 Å². The molecule has 5 heteroatoms. The summed E-state index contributed by atoms with van der Waals surface area (Å²) in [5, 5.41) is 2.78. The molecule has 0 saturated heterocycles. The Morgan fingerprint density at radius 1 is 1.40 bits per heavy atom. The van der Waals surface area contributed by atoms with Crippen molar-refractivity contribution < 1.29 is 9.53 Å². The number of nitrogens with one attached hydrogen (secondary N) is 1. The average molecular weight is 273 g/mol. The molecule has 106 valence electrons. The van der Waals surface area contributed by atoms with Crippen LogP contribution >= 0.6 is 0 Å². The second-order valence-electron chi connectivity index (χ2n) is 6.18. The molecule has 0 atom stereocenters. The molecule has 0 unspecified atom stereocenters. The fraction of sp³-hybridized carbons (Fsp3) is 0.467. The number of hydrogen-bond donors (Lipinski definition) is 1. The van der Waals surface area contributed by atoms with Gasteiger partial charge < -0.3 is 9.14 Å². The molecule has 5 nitrogen and oxygen atoms in total. The number of carbonyl (C=O) groups is 1. The maximum Gasteiger partial charge on any atom is 0.413 e. The van der Waals surface area contributed by atoms with E-state index in [1.165, 1.54) is 0 Å². The second-order valence-corrected chi connectivity index (χ2v) is 6.18. The molecule has 0 radical (unpaired) electrons. The number of imidazole rings is 1. The summed E-state index contributed by atoms with van der Waals surface area (Å²) in [7, 11) is 0. The van der Waals surface area contributed by atoms with Crippen molar-refractivity contribution >= 4 is 17.6 Å². The lowest BCUT2D eigenvalue weighted by atomic mass is 10.2. The SMILES string of the molecule is CC(C)(C)OC(=O)Nc1nc2ccccn2c1C1CC1. The molecule has 1 N–H and O–H groups in total. The Bertz CT molecular complexity index is 651. The van der Waals surface area contributed by atoms with E-state index in [0.717, 1.165) is 24.2 Å². The van der Waals surface area contributed by atoms with Crippen molar-refractivity contribution in [3.63, 3.8) is 0 Å². The van der Waals surface area contributed by atoms with Crippen molar-refractivity contribution in [1.82, 2.24) is 9.38 Å². The molecule has 1 fully saturated rings. The number of carbonyl (C=O) groups excluding carboxylic acids is 1. The van der Waals surface area contributed by atoms with E-state index >= 15 is 0 Å². The van der Waals surface area contributed by atoms with Gasteiger partial charge in [-0.1, -0.05) is 6.07 Å². The van der Waals surface area contributed by atoms with E-state index in [0.29, 0.717) is 11.7 Å². The molecule has 1 saturated carbocycles. The van der Waals surface area contributed by atoms with Gasteiger partial charge in [-0.2, -0.15) is 0 Å². The molecular formula is C15H19N3O2. The third-order valence-corrected chi connectivity index (χ3v) is 3.15. The largest absolute Gasteiger partial charge is 0.444 e. The van der Waals surface area contributed by atoms with Gasteiger partial charge in [-0.15, -0.1) is 0 Å². The Kier molecular flexibility index (Phi) is 2.92. The molecule has 0 spiro atoms. The topological polar surface area (TPSA) is 55.6 Å². The fourth-order valence-electron chi connectivity index (χ4n) is 2.25. The third-order valence-electron chi connectivity index (χ3n) is 3.15. The summed E-state index contributed by atoms with van der Waals surface area (Å²) in [4.78, 5) is 16.4. The lowest BCUT2D eigenvalue weighted by Crippen LogP contribution is -2.27. The van der Waals surface area contributed by atoms with Crippen LogP contribution in [0.15, 0.2) is 24.4 Å². The molecular weight excluding hydrogens is 254 g/mol. The van der Waals surface area contributed by atoms with Crippen LogP contribution in [0, 0.1) is 0 Å². The predicted octanol–water partition coefficient (Wildman–Crippen LogP) is 3.56. The normalized spacial score (nSPS) is 15.3. The van der Waals surface area contributed by atoms with Crippen molar-refractivity contribution in [3.05, 3.63) is 30.1 Å². The molecule has 2 heterocycles. The van der Waals surface area contributed by atoms with E-state index in [1.807, 2.05) is 49.6 Å². The lowest BCUT2D eigenvalue weighted by molar-refractivity contribution is 0.0635. The van der Waals surface area contributed by atoms with Gasteiger partial charge in [0.05, 0.1) is 5.69 Å². The zero-order valence-corrected chi connectivity index (χ0v) is 12.0. The summed E-state index contributed by atoms with van der Waals surface area (Å²) in [6.07, 6.45) is 3.82. The van der Waals surface area contributed by atoms with Gasteiger partial charge in [0.1, 0.15) is 11.2 Å². The van der Waals surface area contributed by atoms with Crippen molar-refractivity contribution in [2.75, 3.05) is 5.32 Å². The third kappa shape index (κ3) is 2.61. The standard InChI is InChI=1S/C15H19N3O2/c1-15(2,3)20-14(19)17-13-12(10-7-8-10)18-9-5-4-6-11(18)16-13/h4-6,9-10H,7-8H2,1-3H3,(H,17,19). The van der Waals surface area contributed by atoms with Crippen LogP contribution in [0.1, 0.15) is 45.2 Å². The molecule has 0 aliphatic heterocycles. The number of pyridine rings is 1. The molecule has 20 heavy (non-hydrogen) atoms. The predicted molar refractivity (Wildman–Crippen MR) is 77.0 cm³/mol. The monoisotopic (exact) mass is 273 g/mol. The van der Waals surface area contributed by atoms with Gasteiger partial charge in [0, 0.05) is 12.1 Å². The van der Waals surface area contributed by atoms with Crippen LogP contribution in [0.3, 0.4) is 0 Å². The van der Waals surface area contributed by atoms with Crippen molar-refractivity contribution in [2.45, 2.75) is 45.1 Å². The van der Waals surface area contributed by atoms with E-state index in [2.05, 4.69) is 10.3 Å². The second kappa shape index (κ2) is 4.51. The smallest absolute Gasteiger partial charge is 0.413 e. The minimum absolute atomic E-state index is 0.456. The first-order valence-corrected chi connectivity index (χ1v) is 6.91. The maximum atomic E-state index is 11.9. The molecule has 0 bridgehead atoms. The number of ether oxygens (including phenoxy) is 1. The van der Waals surface area contributed by atoms with Gasteiger partial charge in [0.25, 0.3) is 0 Å². The van der Waals surface area contributed by atoms with Gasteiger partial charge in [0.15, 0.2) is 5.82 Å². The van der Waals surface area contributed by atoms with Gasteiger partial charge in [-0.25, -0.2) is 9.78 Å². The number of anilines is 1. The van der Waals surface area contributed by atoms with Crippen LogP contribution in [0.4, 0.5) is 10.6 Å². The zero-order chi connectivity index (χ0) is 14.3. The minimum Gasteiger partial charge on any atom is -0.444 e. The van der Waals surface area contributed by atoms with E-state index < -0.39 is 11.7 Å². The van der Waals surface area contributed by atoms with E-state index in [-0.39, 0.29) is 0 Å². The number of rotatable bonds is 2. The van der Waals surface area contributed by atoms with E-state index in [1.54, 1.807) is 0 Å². The van der Waals surface area contributed by atoms with Gasteiger partial charge >= 0.3 is 6.09 Å². The highest BCUT2D eigenvalue weighted by atomic mass is 16.6. The molecule has 3 rings (SSSR count). The Morgan fingerprint density at radius 3 is 2.80 bits per heavy atom. The number of fused-ring (bicyclic) bond motifs is 1. The van der Waals surface area contributed by atoms with Crippen molar-refractivity contribution in [3.8, 4) is 0 Å². The summed E-state index contributed by atoms with van der Waals surface area (Å²) < 4.78 is 7.34. The Hall–Kier alpha value is -2.04. The molecule has 2 aromatic rings. The van der Waals surface area contributed by atoms with E-state index in [4.69, 9.17) is 4.74 Å². The molecule has 2 aromatic heterocycles. The van der Waals surface area contributed by atoms with Crippen LogP contribution < -0.4 is 5.32 Å². The van der Waals surface area contributed by atoms with Crippen LogP contribution in [0.2, 0.25) is 0 Å². The van der Waals surface area contributed by atoms with Gasteiger partial charge in [0.2, 0.25) is 0 Å². The molecule has 1 aliphatic carbocycles. The Labute approximate surface area is 118 Å². The number of aromatic nitrogens is 2. The van der Waals surface area contributed by atoms with Crippen LogP contribution in [-0.2, 0) is 4.74 Å². The maximum absolute atomic E-state index is 11.9. The highest BCUT2D eigenvalue weighted by molar-refractivity contribution is 5.85. The van der Waals surface area contributed by atoms with Crippen LogP contribution in [0.5, 0.6) is 0 Å². The highest BCUT2D eigenvalue weighted by Crippen LogP contribution is 2.43. The quantitative estimate of drug-likeness (QED) is 0.910. The Morgan fingerprint density at radius 2 is 2.15 bits per heavy atom. The molecule has 0 aromatic carbocycles. The first kappa shape index (κ1) is 13.0. The zero-order valence-electron chi connectivity index (χ0n) is 12.0. The van der Waals surface area contributed by atoms with Crippen molar-refractivity contribution in [2.24, 2.45) is 0 Å². The van der Waals surface area contributed by atoms with Crippen molar-refractivity contribution in [1.29, 1.82) is 0 Å². The minimum atomic E-state index is -0.511. The number of nitrogens with zero attached hydrogens (tertiary/aromatic N) is 2. The molecule has 1 aliphatic rings. The van der Waals surface area contributed by atoms with Crippen LogP contribution in [0.25, 0.3) is 5.65 Å². The van der Waals surface area contributed by atoms with Gasteiger partial charge in [-0.05, 0) is 45.7 Å². The first-order chi connectivity index (χ1) is 9.44. The number of amides is 1. The highest BCUT2D eigenvalue weighted by Gasteiger charge is 2.31. The Balaban J connectivity index is 1.91. The first-order valence-electron chi connectivity index (χ1n) is 6.91. The summed E-state index contributed by atoms with van der Waals surface area (Å²) in [5.74, 6) is 1.10. The fourth-order valence-corrected chi connectivity index (χ4v) is 2.25.